The Morgan fingerprint density at radius 1 is 1.19 bits per heavy atom. The van der Waals surface area contributed by atoms with E-state index in [1.54, 1.807) is 0 Å². The standard InChI is InChI=1S/C17H19BrN2O/c1-11-8-12(2)17(15(18)9-11)19-10-14-6-4-5-7-16(14)20-13(3)21/h4-9,19H,10H2,1-3H3,(H,20,21). The van der Waals surface area contributed by atoms with Crippen molar-refractivity contribution in [3.05, 3.63) is 57.6 Å². The van der Waals surface area contributed by atoms with Gasteiger partial charge in [0, 0.05) is 23.6 Å². The van der Waals surface area contributed by atoms with Crippen LogP contribution in [-0.2, 0) is 11.3 Å². The first kappa shape index (κ1) is 15.6. The van der Waals surface area contributed by atoms with E-state index < -0.39 is 0 Å². The van der Waals surface area contributed by atoms with Crippen LogP contribution in [0.25, 0.3) is 0 Å². The highest BCUT2D eigenvalue weighted by Crippen LogP contribution is 2.28. The van der Waals surface area contributed by atoms with E-state index in [1.807, 2.05) is 24.3 Å². The van der Waals surface area contributed by atoms with Crippen molar-refractivity contribution in [2.24, 2.45) is 0 Å². The summed E-state index contributed by atoms with van der Waals surface area (Å²) in [5.41, 5.74) is 5.40. The lowest BCUT2D eigenvalue weighted by Crippen LogP contribution is -2.10. The lowest BCUT2D eigenvalue weighted by molar-refractivity contribution is -0.114. The first-order chi connectivity index (χ1) is 9.97. The third-order valence-electron chi connectivity index (χ3n) is 3.22. The first-order valence-corrected chi connectivity index (χ1v) is 7.63. The predicted molar refractivity (Wildman–Crippen MR) is 91.7 cm³/mol. The lowest BCUT2D eigenvalue weighted by atomic mass is 10.1. The molecule has 0 aliphatic carbocycles. The van der Waals surface area contributed by atoms with Gasteiger partial charge < -0.3 is 10.6 Å². The van der Waals surface area contributed by atoms with E-state index in [4.69, 9.17) is 0 Å². The summed E-state index contributed by atoms with van der Waals surface area (Å²) in [6.07, 6.45) is 0. The summed E-state index contributed by atoms with van der Waals surface area (Å²) in [4.78, 5) is 11.2. The van der Waals surface area contributed by atoms with Gasteiger partial charge in [0.05, 0.1) is 5.69 Å². The van der Waals surface area contributed by atoms with Crippen molar-refractivity contribution in [1.29, 1.82) is 0 Å². The number of para-hydroxylation sites is 1. The number of hydrogen-bond donors (Lipinski definition) is 2. The van der Waals surface area contributed by atoms with E-state index in [-0.39, 0.29) is 5.91 Å². The van der Waals surface area contributed by atoms with Crippen molar-refractivity contribution >= 4 is 33.2 Å². The molecule has 0 aliphatic rings. The van der Waals surface area contributed by atoms with Gasteiger partial charge in [-0.15, -0.1) is 0 Å². The third kappa shape index (κ3) is 4.08. The van der Waals surface area contributed by atoms with Gasteiger partial charge in [-0.3, -0.25) is 4.79 Å². The SMILES string of the molecule is CC(=O)Nc1ccccc1CNc1c(C)cc(C)cc1Br. The van der Waals surface area contributed by atoms with Gasteiger partial charge >= 0.3 is 0 Å². The maximum atomic E-state index is 11.2. The number of amides is 1. The van der Waals surface area contributed by atoms with Crippen LogP contribution in [0.3, 0.4) is 0 Å². The highest BCUT2D eigenvalue weighted by atomic mass is 79.9. The molecule has 3 nitrogen and oxygen atoms in total. The van der Waals surface area contributed by atoms with Crippen LogP contribution in [0.2, 0.25) is 0 Å². The Labute approximate surface area is 133 Å². The maximum Gasteiger partial charge on any atom is 0.221 e. The molecule has 0 radical (unpaired) electrons. The van der Waals surface area contributed by atoms with Crippen LogP contribution >= 0.6 is 15.9 Å². The van der Waals surface area contributed by atoms with Gasteiger partial charge in [-0.25, -0.2) is 0 Å². The molecular formula is C17H19BrN2O. The molecule has 0 atom stereocenters. The molecule has 4 heteroatoms. The normalized spacial score (nSPS) is 10.3. The zero-order valence-corrected chi connectivity index (χ0v) is 14.0. The van der Waals surface area contributed by atoms with Crippen molar-refractivity contribution in [2.45, 2.75) is 27.3 Å². The number of hydrogen-bond acceptors (Lipinski definition) is 2. The number of halogens is 1. The quantitative estimate of drug-likeness (QED) is 0.846. The minimum atomic E-state index is -0.0600. The smallest absolute Gasteiger partial charge is 0.221 e. The van der Waals surface area contributed by atoms with E-state index in [9.17, 15) is 4.79 Å². The molecule has 0 spiro atoms. The van der Waals surface area contributed by atoms with Crippen LogP contribution < -0.4 is 10.6 Å². The van der Waals surface area contributed by atoms with Crippen molar-refractivity contribution in [3.63, 3.8) is 0 Å². The Kier molecular flexibility index (Phi) is 5.02. The van der Waals surface area contributed by atoms with Crippen LogP contribution in [0, 0.1) is 13.8 Å². The second kappa shape index (κ2) is 6.76. The summed E-state index contributed by atoms with van der Waals surface area (Å²) in [5, 5.41) is 6.30. The molecule has 0 fully saturated rings. The molecule has 2 N–H and O–H groups in total. The van der Waals surface area contributed by atoms with Crippen molar-refractivity contribution in [1.82, 2.24) is 0 Å². The summed E-state index contributed by atoms with van der Waals surface area (Å²) in [6, 6.07) is 12.0. The number of carbonyl (C=O) groups excluding carboxylic acids is 1. The molecule has 0 heterocycles. The van der Waals surface area contributed by atoms with Crippen molar-refractivity contribution < 1.29 is 4.79 Å². The average molecular weight is 347 g/mol. The van der Waals surface area contributed by atoms with Crippen LogP contribution in [0.1, 0.15) is 23.6 Å². The van der Waals surface area contributed by atoms with Gasteiger partial charge in [0.1, 0.15) is 0 Å². The molecule has 2 rings (SSSR count). The van der Waals surface area contributed by atoms with E-state index in [2.05, 4.69) is 52.5 Å². The summed E-state index contributed by atoms with van der Waals surface area (Å²) in [5.74, 6) is -0.0600. The Morgan fingerprint density at radius 2 is 1.90 bits per heavy atom. The highest BCUT2D eigenvalue weighted by Gasteiger charge is 2.07. The highest BCUT2D eigenvalue weighted by molar-refractivity contribution is 9.10. The number of benzene rings is 2. The van der Waals surface area contributed by atoms with Gasteiger partial charge in [0.15, 0.2) is 0 Å². The zero-order chi connectivity index (χ0) is 15.4. The molecule has 0 saturated heterocycles. The number of rotatable bonds is 4. The van der Waals surface area contributed by atoms with Gasteiger partial charge in [-0.1, -0.05) is 24.3 Å². The minimum absolute atomic E-state index is 0.0600. The molecule has 21 heavy (non-hydrogen) atoms. The van der Waals surface area contributed by atoms with Gasteiger partial charge in [-0.05, 0) is 58.6 Å². The van der Waals surface area contributed by atoms with Crippen LogP contribution in [0.4, 0.5) is 11.4 Å². The molecule has 0 unspecified atom stereocenters. The van der Waals surface area contributed by atoms with Crippen LogP contribution in [0.5, 0.6) is 0 Å². The largest absolute Gasteiger partial charge is 0.380 e. The molecule has 2 aromatic carbocycles. The van der Waals surface area contributed by atoms with E-state index in [0.717, 1.165) is 21.4 Å². The Balaban J connectivity index is 2.19. The summed E-state index contributed by atoms with van der Waals surface area (Å²) < 4.78 is 1.05. The summed E-state index contributed by atoms with van der Waals surface area (Å²) >= 11 is 3.60. The van der Waals surface area contributed by atoms with E-state index in [1.165, 1.54) is 18.1 Å². The fourth-order valence-electron chi connectivity index (χ4n) is 2.31. The number of anilines is 2. The van der Waals surface area contributed by atoms with Gasteiger partial charge in [0.25, 0.3) is 0 Å². The van der Waals surface area contributed by atoms with E-state index in [0.29, 0.717) is 6.54 Å². The Morgan fingerprint density at radius 3 is 2.57 bits per heavy atom. The molecule has 0 aliphatic heterocycles. The monoisotopic (exact) mass is 346 g/mol. The predicted octanol–water partition coefficient (Wildman–Crippen LogP) is 4.64. The van der Waals surface area contributed by atoms with Crippen LogP contribution in [-0.4, -0.2) is 5.91 Å². The third-order valence-corrected chi connectivity index (χ3v) is 3.84. The molecular weight excluding hydrogens is 328 g/mol. The fourth-order valence-corrected chi connectivity index (χ4v) is 3.12. The Hall–Kier alpha value is -1.81. The first-order valence-electron chi connectivity index (χ1n) is 6.83. The fraction of sp³-hybridized carbons (Fsp3) is 0.235. The topological polar surface area (TPSA) is 41.1 Å². The van der Waals surface area contributed by atoms with Crippen molar-refractivity contribution in [2.75, 3.05) is 10.6 Å². The van der Waals surface area contributed by atoms with E-state index >= 15 is 0 Å². The molecule has 1 amide bonds. The molecule has 0 bridgehead atoms. The average Bonchev–Trinajstić information content (AvgIpc) is 2.38. The summed E-state index contributed by atoms with van der Waals surface area (Å²) in [7, 11) is 0. The molecule has 0 saturated carbocycles. The number of nitrogens with one attached hydrogen (secondary N) is 2. The number of carbonyl (C=O) groups is 1. The second-order valence-corrected chi connectivity index (χ2v) is 5.98. The van der Waals surface area contributed by atoms with Crippen molar-refractivity contribution in [3.8, 4) is 0 Å². The summed E-state index contributed by atoms with van der Waals surface area (Å²) in [6.45, 7) is 6.33. The van der Waals surface area contributed by atoms with Gasteiger partial charge in [0.2, 0.25) is 5.91 Å². The van der Waals surface area contributed by atoms with Gasteiger partial charge in [-0.2, -0.15) is 0 Å². The van der Waals surface area contributed by atoms with Crippen LogP contribution in [0.15, 0.2) is 40.9 Å². The molecule has 2 aromatic rings. The second-order valence-electron chi connectivity index (χ2n) is 5.13. The minimum Gasteiger partial charge on any atom is -0.380 e. The maximum absolute atomic E-state index is 11.2. The number of aryl methyl sites for hydroxylation is 2. The molecule has 0 aromatic heterocycles. The molecule has 110 valence electrons. The Bertz CT molecular complexity index is 645. The lowest BCUT2D eigenvalue weighted by Gasteiger charge is -2.15. The zero-order valence-electron chi connectivity index (χ0n) is 12.5.